The topological polar surface area (TPSA) is 51.4 Å². The lowest BCUT2D eigenvalue weighted by molar-refractivity contribution is -0.928. The van der Waals surface area contributed by atoms with E-state index in [0.29, 0.717) is 5.56 Å². The summed E-state index contributed by atoms with van der Waals surface area (Å²) in [6.07, 6.45) is 6.87. The maximum Gasteiger partial charge on any atom is 0.251 e. The molecule has 1 aromatic heterocycles. The van der Waals surface area contributed by atoms with E-state index < -0.39 is 0 Å². The SMILES string of the molecule is Cc1ccnn1-c1ccc(C(=O)NCCC[NH+]2CCCC[C@H]2C)cc1. The highest BCUT2D eigenvalue weighted by molar-refractivity contribution is 5.94. The molecule has 2 N–H and O–H groups in total. The minimum absolute atomic E-state index is 0.00503. The lowest BCUT2D eigenvalue weighted by atomic mass is 10.0. The molecular weight excluding hydrogens is 312 g/mol. The number of carbonyl (C=O) groups is 1. The van der Waals surface area contributed by atoms with E-state index in [1.165, 1.54) is 25.8 Å². The van der Waals surface area contributed by atoms with Crippen molar-refractivity contribution in [2.24, 2.45) is 0 Å². The van der Waals surface area contributed by atoms with E-state index in [9.17, 15) is 4.79 Å². The Morgan fingerprint density at radius 3 is 2.76 bits per heavy atom. The highest BCUT2D eigenvalue weighted by Crippen LogP contribution is 2.11. The number of aryl methyl sites for hydroxylation is 1. The number of amides is 1. The smallest absolute Gasteiger partial charge is 0.251 e. The van der Waals surface area contributed by atoms with Gasteiger partial charge in [-0.15, -0.1) is 0 Å². The lowest BCUT2D eigenvalue weighted by Crippen LogP contribution is -3.16. The molecule has 0 radical (unpaired) electrons. The Kier molecular flexibility index (Phi) is 5.87. The molecule has 1 aromatic carbocycles. The Balaban J connectivity index is 1.46. The highest BCUT2D eigenvalue weighted by atomic mass is 16.1. The Hall–Kier alpha value is -2.14. The quantitative estimate of drug-likeness (QED) is 0.787. The summed E-state index contributed by atoms with van der Waals surface area (Å²) in [6, 6.07) is 10.3. The molecule has 0 aliphatic carbocycles. The van der Waals surface area contributed by atoms with Crippen LogP contribution in [0, 0.1) is 6.92 Å². The van der Waals surface area contributed by atoms with Crippen molar-refractivity contribution in [3.05, 3.63) is 47.8 Å². The van der Waals surface area contributed by atoms with Crippen molar-refractivity contribution in [3.8, 4) is 5.69 Å². The first-order valence-electron chi connectivity index (χ1n) is 9.39. The van der Waals surface area contributed by atoms with Crippen molar-refractivity contribution >= 4 is 5.91 Å². The molecule has 1 aliphatic heterocycles. The van der Waals surface area contributed by atoms with Gasteiger partial charge in [-0.05, 0) is 63.4 Å². The van der Waals surface area contributed by atoms with Crippen LogP contribution in [0.25, 0.3) is 5.69 Å². The predicted molar refractivity (Wildman–Crippen MR) is 99.3 cm³/mol. The zero-order chi connectivity index (χ0) is 17.6. The van der Waals surface area contributed by atoms with E-state index in [-0.39, 0.29) is 5.91 Å². The summed E-state index contributed by atoms with van der Waals surface area (Å²) < 4.78 is 1.87. The number of carbonyl (C=O) groups excluding carboxylic acids is 1. The van der Waals surface area contributed by atoms with E-state index in [4.69, 9.17) is 0 Å². The Morgan fingerprint density at radius 1 is 1.28 bits per heavy atom. The van der Waals surface area contributed by atoms with E-state index >= 15 is 0 Å². The first kappa shape index (κ1) is 17.7. The minimum Gasteiger partial charge on any atom is -0.352 e. The van der Waals surface area contributed by atoms with Crippen molar-refractivity contribution in [1.29, 1.82) is 0 Å². The fourth-order valence-corrected chi connectivity index (χ4v) is 3.64. The Bertz CT molecular complexity index is 692. The second-order valence-electron chi connectivity index (χ2n) is 7.10. The Morgan fingerprint density at radius 2 is 2.08 bits per heavy atom. The minimum atomic E-state index is 0.00503. The molecule has 1 aliphatic rings. The maximum absolute atomic E-state index is 12.3. The van der Waals surface area contributed by atoms with Crippen LogP contribution < -0.4 is 10.2 Å². The van der Waals surface area contributed by atoms with Crippen LogP contribution in [0.3, 0.4) is 0 Å². The molecule has 1 fully saturated rings. The summed E-state index contributed by atoms with van der Waals surface area (Å²) in [5.41, 5.74) is 2.75. The van der Waals surface area contributed by atoms with E-state index in [1.807, 2.05) is 41.9 Å². The summed E-state index contributed by atoms with van der Waals surface area (Å²) in [7, 11) is 0. The fraction of sp³-hybridized carbons (Fsp3) is 0.500. The molecule has 0 saturated carbocycles. The summed E-state index contributed by atoms with van der Waals surface area (Å²) in [5, 5.41) is 7.33. The molecule has 1 amide bonds. The number of rotatable bonds is 6. The lowest BCUT2D eigenvalue weighted by Gasteiger charge is -2.30. The highest BCUT2D eigenvalue weighted by Gasteiger charge is 2.20. The van der Waals surface area contributed by atoms with Gasteiger partial charge in [-0.3, -0.25) is 4.79 Å². The standard InChI is InChI=1S/C20H28N4O/c1-16-6-3-4-14-23(16)15-5-12-21-20(25)18-7-9-19(10-8-18)24-17(2)11-13-22-24/h7-11,13,16H,3-6,12,14-15H2,1-2H3,(H,21,25)/p+1/t16-/m1/s1. The maximum atomic E-state index is 12.3. The third-order valence-electron chi connectivity index (χ3n) is 5.25. The van der Waals surface area contributed by atoms with Gasteiger partial charge in [0.05, 0.1) is 24.8 Å². The summed E-state index contributed by atoms with van der Waals surface area (Å²) in [4.78, 5) is 14.0. The molecule has 1 saturated heterocycles. The Labute approximate surface area is 150 Å². The molecule has 25 heavy (non-hydrogen) atoms. The number of hydrogen-bond acceptors (Lipinski definition) is 2. The summed E-state index contributed by atoms with van der Waals surface area (Å²) in [6.45, 7) is 7.53. The molecule has 2 heterocycles. The molecule has 0 spiro atoms. The van der Waals surface area contributed by atoms with Gasteiger partial charge in [0.2, 0.25) is 0 Å². The third-order valence-corrected chi connectivity index (χ3v) is 5.25. The van der Waals surface area contributed by atoms with Crippen LogP contribution in [-0.4, -0.2) is 41.4 Å². The zero-order valence-corrected chi connectivity index (χ0v) is 15.3. The summed E-state index contributed by atoms with van der Waals surface area (Å²) >= 11 is 0. The first-order chi connectivity index (χ1) is 12.1. The number of piperidine rings is 1. The zero-order valence-electron chi connectivity index (χ0n) is 15.3. The van der Waals surface area contributed by atoms with Gasteiger partial charge in [0.1, 0.15) is 0 Å². The van der Waals surface area contributed by atoms with Crippen molar-refractivity contribution in [2.75, 3.05) is 19.6 Å². The number of quaternary nitrogens is 1. The average Bonchev–Trinajstić information content (AvgIpc) is 3.06. The van der Waals surface area contributed by atoms with E-state index in [0.717, 1.165) is 36.9 Å². The van der Waals surface area contributed by atoms with Crippen LogP contribution in [0.15, 0.2) is 36.5 Å². The second-order valence-corrected chi connectivity index (χ2v) is 7.10. The molecule has 2 aromatic rings. The molecular formula is C20H29N4O+. The van der Waals surface area contributed by atoms with Gasteiger partial charge >= 0.3 is 0 Å². The molecule has 5 nitrogen and oxygen atoms in total. The fourth-order valence-electron chi connectivity index (χ4n) is 3.64. The first-order valence-corrected chi connectivity index (χ1v) is 9.39. The van der Waals surface area contributed by atoms with Crippen LogP contribution >= 0.6 is 0 Å². The van der Waals surface area contributed by atoms with Crippen LogP contribution in [0.1, 0.15) is 48.7 Å². The summed E-state index contributed by atoms with van der Waals surface area (Å²) in [5.74, 6) is 0.00503. The molecule has 134 valence electrons. The van der Waals surface area contributed by atoms with Gasteiger partial charge < -0.3 is 10.2 Å². The van der Waals surface area contributed by atoms with E-state index in [2.05, 4.69) is 17.3 Å². The number of nitrogens with one attached hydrogen (secondary N) is 2. The monoisotopic (exact) mass is 341 g/mol. The molecule has 1 unspecified atom stereocenters. The van der Waals surface area contributed by atoms with Gasteiger partial charge in [-0.2, -0.15) is 5.10 Å². The number of aromatic nitrogens is 2. The number of benzene rings is 1. The normalized spacial score (nSPS) is 20.4. The molecule has 2 atom stereocenters. The van der Waals surface area contributed by atoms with Crippen molar-refractivity contribution in [2.45, 2.75) is 45.6 Å². The van der Waals surface area contributed by atoms with Gasteiger partial charge in [0.25, 0.3) is 5.91 Å². The average molecular weight is 341 g/mol. The van der Waals surface area contributed by atoms with Crippen LogP contribution in [0.4, 0.5) is 0 Å². The third kappa shape index (κ3) is 4.48. The van der Waals surface area contributed by atoms with Crippen LogP contribution in [0.2, 0.25) is 0 Å². The van der Waals surface area contributed by atoms with Crippen molar-refractivity contribution < 1.29 is 9.69 Å². The predicted octanol–water partition coefficient (Wildman–Crippen LogP) is 1.76. The molecule has 0 bridgehead atoms. The largest absolute Gasteiger partial charge is 0.352 e. The number of likely N-dealkylation sites (tertiary alicyclic amines) is 1. The van der Waals surface area contributed by atoms with Gasteiger partial charge in [0, 0.05) is 30.4 Å². The van der Waals surface area contributed by atoms with Gasteiger partial charge in [-0.1, -0.05) is 0 Å². The van der Waals surface area contributed by atoms with Crippen molar-refractivity contribution in [3.63, 3.8) is 0 Å². The van der Waals surface area contributed by atoms with Gasteiger partial charge in [0.15, 0.2) is 0 Å². The molecule has 3 rings (SSSR count). The van der Waals surface area contributed by atoms with Crippen LogP contribution in [-0.2, 0) is 0 Å². The van der Waals surface area contributed by atoms with Crippen molar-refractivity contribution in [1.82, 2.24) is 15.1 Å². The van der Waals surface area contributed by atoms with Gasteiger partial charge in [-0.25, -0.2) is 4.68 Å². The van der Waals surface area contributed by atoms with Crippen LogP contribution in [0.5, 0.6) is 0 Å². The number of nitrogens with zero attached hydrogens (tertiary/aromatic N) is 2. The number of hydrogen-bond donors (Lipinski definition) is 2. The second kappa shape index (κ2) is 8.30. The molecule has 5 heteroatoms. The van der Waals surface area contributed by atoms with E-state index in [1.54, 1.807) is 11.1 Å².